The number of carbonyl (C=O) groups excluding carboxylic acids is 1. The number of anilines is 3. The lowest BCUT2D eigenvalue weighted by molar-refractivity contribution is -0.114. The Hall–Kier alpha value is -1.96. The van der Waals surface area contributed by atoms with Crippen LogP contribution in [0.25, 0.3) is 0 Å². The van der Waals surface area contributed by atoms with Crippen LogP contribution in [0.1, 0.15) is 19.3 Å². The summed E-state index contributed by atoms with van der Waals surface area (Å²) in [6.45, 7) is 1.69. The summed E-state index contributed by atoms with van der Waals surface area (Å²) in [5.41, 5.74) is 1.96. The number of amides is 1. The summed E-state index contributed by atoms with van der Waals surface area (Å²) < 4.78 is 25.4. The smallest absolute Gasteiger partial charge is 0.245 e. The van der Waals surface area contributed by atoms with Crippen LogP contribution in [0.3, 0.4) is 0 Å². The Kier molecular flexibility index (Phi) is 6.93. The average Bonchev–Trinajstić information content (AvgIpc) is 2.66. The van der Waals surface area contributed by atoms with Crippen LogP contribution in [0.15, 0.2) is 42.5 Å². The zero-order chi connectivity index (χ0) is 21.0. The minimum absolute atomic E-state index is 0.237. The fourth-order valence-corrected chi connectivity index (χ4v) is 4.68. The van der Waals surface area contributed by atoms with Gasteiger partial charge in [-0.05, 0) is 61.7 Å². The topological polar surface area (TPSA) is 69.7 Å². The van der Waals surface area contributed by atoms with Gasteiger partial charge in [0.05, 0.1) is 11.9 Å². The van der Waals surface area contributed by atoms with Gasteiger partial charge in [0.15, 0.2) is 0 Å². The monoisotopic (exact) mass is 455 g/mol. The molecule has 3 rings (SSSR count). The molecule has 2 aromatic carbocycles. The van der Waals surface area contributed by atoms with Crippen molar-refractivity contribution in [3.8, 4) is 0 Å². The van der Waals surface area contributed by atoms with E-state index in [1.54, 1.807) is 0 Å². The molecule has 0 spiro atoms. The molecular formula is C20H23Cl2N3O3S. The van der Waals surface area contributed by atoms with Crippen molar-refractivity contribution in [2.24, 2.45) is 0 Å². The van der Waals surface area contributed by atoms with Crippen molar-refractivity contribution < 1.29 is 13.2 Å². The molecule has 1 fully saturated rings. The predicted octanol–water partition coefficient (Wildman–Crippen LogP) is 4.39. The zero-order valence-electron chi connectivity index (χ0n) is 16.1. The number of hydrogen-bond donors (Lipinski definition) is 1. The Morgan fingerprint density at radius 2 is 1.62 bits per heavy atom. The summed E-state index contributed by atoms with van der Waals surface area (Å²) in [5, 5.41) is 3.32. The molecule has 0 aliphatic carbocycles. The number of piperidine rings is 1. The van der Waals surface area contributed by atoms with Gasteiger partial charge in [-0.25, -0.2) is 8.42 Å². The lowest BCUT2D eigenvalue weighted by Gasteiger charge is -2.29. The molecule has 1 saturated heterocycles. The highest BCUT2D eigenvalue weighted by Crippen LogP contribution is 2.27. The lowest BCUT2D eigenvalue weighted by atomic mass is 10.1. The highest BCUT2D eigenvalue weighted by Gasteiger charge is 2.22. The number of nitrogens with one attached hydrogen (secondary N) is 1. The summed E-state index contributed by atoms with van der Waals surface area (Å²) in [5.74, 6) is -0.461. The van der Waals surface area contributed by atoms with Crippen LogP contribution < -0.4 is 14.5 Å². The van der Waals surface area contributed by atoms with Gasteiger partial charge in [-0.15, -0.1) is 0 Å². The fourth-order valence-electron chi connectivity index (χ4n) is 3.32. The van der Waals surface area contributed by atoms with E-state index in [0.29, 0.717) is 5.69 Å². The number of hydrogen-bond acceptors (Lipinski definition) is 4. The van der Waals surface area contributed by atoms with Gasteiger partial charge in [0.25, 0.3) is 0 Å². The van der Waals surface area contributed by atoms with Gasteiger partial charge in [-0.1, -0.05) is 23.2 Å². The van der Waals surface area contributed by atoms with Gasteiger partial charge >= 0.3 is 0 Å². The van der Waals surface area contributed by atoms with Crippen LogP contribution in [0.5, 0.6) is 0 Å². The molecule has 1 aliphatic rings. The average molecular weight is 456 g/mol. The van der Waals surface area contributed by atoms with Gasteiger partial charge in [0.2, 0.25) is 15.9 Å². The van der Waals surface area contributed by atoms with Crippen molar-refractivity contribution >= 4 is 56.2 Å². The molecule has 1 aliphatic heterocycles. The van der Waals surface area contributed by atoms with Crippen LogP contribution in [0.4, 0.5) is 17.1 Å². The molecule has 0 atom stereocenters. The Bertz CT molecular complexity index is 955. The quantitative estimate of drug-likeness (QED) is 0.700. The highest BCUT2D eigenvalue weighted by atomic mass is 35.5. The fraction of sp³-hybridized carbons (Fsp3) is 0.350. The van der Waals surface area contributed by atoms with E-state index in [2.05, 4.69) is 10.2 Å². The van der Waals surface area contributed by atoms with E-state index in [-0.39, 0.29) is 22.3 Å². The lowest BCUT2D eigenvalue weighted by Crippen LogP contribution is -2.37. The van der Waals surface area contributed by atoms with Crippen LogP contribution >= 0.6 is 23.2 Å². The van der Waals surface area contributed by atoms with Crippen molar-refractivity contribution in [2.45, 2.75) is 19.3 Å². The molecule has 0 saturated carbocycles. The largest absolute Gasteiger partial charge is 0.372 e. The first-order chi connectivity index (χ1) is 13.7. The minimum Gasteiger partial charge on any atom is -0.372 e. The number of nitrogens with zero attached hydrogens (tertiary/aromatic N) is 2. The summed E-state index contributed by atoms with van der Waals surface area (Å²) in [4.78, 5) is 14.8. The van der Waals surface area contributed by atoms with E-state index in [0.717, 1.165) is 29.3 Å². The number of benzene rings is 2. The SMILES string of the molecule is CS(=O)(=O)N(CC(=O)Nc1ccc(N2CCCCC2)cc1)c1cc(Cl)cc(Cl)c1. The second-order valence-electron chi connectivity index (χ2n) is 7.04. The molecule has 1 amide bonds. The van der Waals surface area contributed by atoms with Crippen molar-refractivity contribution in [2.75, 3.05) is 40.4 Å². The van der Waals surface area contributed by atoms with Crippen molar-refractivity contribution in [3.63, 3.8) is 0 Å². The van der Waals surface area contributed by atoms with Crippen molar-refractivity contribution in [3.05, 3.63) is 52.5 Å². The Balaban J connectivity index is 1.70. The number of halogens is 2. The second kappa shape index (κ2) is 9.24. The maximum absolute atomic E-state index is 12.5. The van der Waals surface area contributed by atoms with Crippen molar-refractivity contribution in [1.29, 1.82) is 0 Å². The summed E-state index contributed by atoms with van der Waals surface area (Å²) in [7, 11) is -3.71. The Morgan fingerprint density at radius 3 is 2.17 bits per heavy atom. The predicted molar refractivity (Wildman–Crippen MR) is 120 cm³/mol. The highest BCUT2D eigenvalue weighted by molar-refractivity contribution is 7.92. The standard InChI is InChI=1S/C20H23Cl2N3O3S/c1-29(27,28)25(19-12-15(21)11-16(22)13-19)14-20(26)23-17-5-7-18(8-6-17)24-9-3-2-4-10-24/h5-8,11-13H,2-4,9-10,14H2,1H3,(H,23,26). The normalized spacial score (nSPS) is 14.5. The third-order valence-corrected chi connectivity index (χ3v) is 6.27. The maximum Gasteiger partial charge on any atom is 0.245 e. The van der Waals surface area contributed by atoms with E-state index in [9.17, 15) is 13.2 Å². The summed E-state index contributed by atoms with van der Waals surface area (Å²) in [6.07, 6.45) is 4.67. The molecule has 156 valence electrons. The number of rotatable bonds is 6. The molecule has 0 bridgehead atoms. The molecule has 1 heterocycles. The third kappa shape index (κ3) is 6.01. The van der Waals surface area contributed by atoms with E-state index in [4.69, 9.17) is 23.2 Å². The molecule has 0 aromatic heterocycles. The molecule has 6 nitrogen and oxygen atoms in total. The van der Waals surface area contributed by atoms with Gasteiger partial charge in [0.1, 0.15) is 6.54 Å². The summed E-state index contributed by atoms with van der Waals surface area (Å²) >= 11 is 12.0. The third-order valence-electron chi connectivity index (χ3n) is 4.70. The van der Waals surface area contributed by atoms with Crippen LogP contribution in [0.2, 0.25) is 10.0 Å². The molecule has 0 radical (unpaired) electrons. The maximum atomic E-state index is 12.5. The first-order valence-corrected chi connectivity index (χ1v) is 11.9. The van der Waals surface area contributed by atoms with E-state index in [1.807, 2.05) is 24.3 Å². The first-order valence-electron chi connectivity index (χ1n) is 9.31. The van der Waals surface area contributed by atoms with Crippen LogP contribution in [-0.4, -0.2) is 40.2 Å². The van der Waals surface area contributed by atoms with E-state index in [1.165, 1.54) is 37.5 Å². The number of sulfonamides is 1. The molecular weight excluding hydrogens is 433 g/mol. The molecule has 9 heteroatoms. The number of carbonyl (C=O) groups is 1. The van der Waals surface area contributed by atoms with Gasteiger partial charge in [-0.3, -0.25) is 9.10 Å². The molecule has 29 heavy (non-hydrogen) atoms. The Labute approximate surface area is 181 Å². The molecule has 2 aromatic rings. The first kappa shape index (κ1) is 21.7. The molecule has 0 unspecified atom stereocenters. The van der Waals surface area contributed by atoms with Gasteiger partial charge in [0, 0.05) is 34.5 Å². The Morgan fingerprint density at radius 1 is 1.03 bits per heavy atom. The van der Waals surface area contributed by atoms with E-state index < -0.39 is 15.9 Å². The summed E-state index contributed by atoms with van der Waals surface area (Å²) in [6, 6.07) is 12.0. The van der Waals surface area contributed by atoms with E-state index >= 15 is 0 Å². The van der Waals surface area contributed by atoms with Gasteiger partial charge < -0.3 is 10.2 Å². The van der Waals surface area contributed by atoms with Crippen molar-refractivity contribution in [1.82, 2.24) is 0 Å². The zero-order valence-corrected chi connectivity index (χ0v) is 18.4. The van der Waals surface area contributed by atoms with Gasteiger partial charge in [-0.2, -0.15) is 0 Å². The molecule has 1 N–H and O–H groups in total. The minimum atomic E-state index is -3.71. The van der Waals surface area contributed by atoms with Crippen LogP contribution in [-0.2, 0) is 14.8 Å². The van der Waals surface area contributed by atoms with Crippen LogP contribution in [0, 0.1) is 0 Å². The second-order valence-corrected chi connectivity index (χ2v) is 9.82.